The number of halogens is 1. The topological polar surface area (TPSA) is 148 Å². The number of carbonyl (C=O) groups is 3. The molecule has 0 saturated carbocycles. The van der Waals surface area contributed by atoms with Crippen molar-refractivity contribution >= 4 is 41.5 Å². The Morgan fingerprint density at radius 1 is 0.688 bits per heavy atom. The number of aliphatic carboxylic acids is 2. The molecule has 5 N–H and O–H groups in total. The maximum absolute atomic E-state index is 11.5. The summed E-state index contributed by atoms with van der Waals surface area (Å²) in [5.41, 5.74) is 10.2. The van der Waals surface area contributed by atoms with E-state index in [0.29, 0.717) is 11.4 Å². The second kappa shape index (κ2) is 18.4. The fourth-order valence-electron chi connectivity index (χ4n) is 4.34. The van der Waals surface area contributed by atoms with Crippen LogP contribution in [-0.2, 0) is 14.4 Å². The van der Waals surface area contributed by atoms with Crippen LogP contribution in [0.2, 0.25) is 0 Å². The van der Waals surface area contributed by atoms with Gasteiger partial charge in [-0.05, 0) is 40.8 Å². The number of ketones is 1. The molecule has 10 heteroatoms. The van der Waals surface area contributed by atoms with Gasteiger partial charge in [0.25, 0.3) is 0 Å². The number of benzene rings is 4. The van der Waals surface area contributed by atoms with E-state index in [-0.39, 0.29) is 12.4 Å². The molecule has 0 saturated heterocycles. The Kier molecular flexibility index (Phi) is 15.7. The van der Waals surface area contributed by atoms with Crippen molar-refractivity contribution in [3.05, 3.63) is 97.1 Å². The second-order valence-corrected chi connectivity index (χ2v) is 12.8. The molecular formula is C38H47ClN2O7. The molecule has 0 fully saturated rings. The highest BCUT2D eigenvalue weighted by atomic mass is 35.5. The van der Waals surface area contributed by atoms with Crippen LogP contribution >= 0.6 is 12.4 Å². The number of carboxylic acid groups (broad SMARTS) is 2. The lowest BCUT2D eigenvalue weighted by atomic mass is 9.86. The van der Waals surface area contributed by atoms with E-state index in [2.05, 4.69) is 5.32 Å². The van der Waals surface area contributed by atoms with Crippen molar-refractivity contribution in [2.24, 2.45) is 10.8 Å². The Balaban J connectivity index is 0.000000396. The van der Waals surface area contributed by atoms with Crippen molar-refractivity contribution in [2.45, 2.75) is 47.6 Å². The number of hydrogen-bond acceptors (Lipinski definition) is 7. The van der Waals surface area contributed by atoms with Gasteiger partial charge in [0.15, 0.2) is 0 Å². The highest BCUT2D eigenvalue weighted by molar-refractivity contribution is 6.34. The maximum Gasteiger partial charge on any atom is 0.372 e. The summed E-state index contributed by atoms with van der Waals surface area (Å²) in [6, 6.07) is 30.7. The lowest BCUT2D eigenvalue weighted by molar-refractivity contribution is -0.152. The van der Waals surface area contributed by atoms with Crippen LogP contribution in [0.5, 0.6) is 11.5 Å². The summed E-state index contributed by atoms with van der Waals surface area (Å²) < 4.78 is 10.8. The van der Waals surface area contributed by atoms with Gasteiger partial charge in [0, 0.05) is 40.0 Å². The van der Waals surface area contributed by atoms with Gasteiger partial charge < -0.3 is 30.7 Å². The predicted molar refractivity (Wildman–Crippen MR) is 195 cm³/mol. The van der Waals surface area contributed by atoms with Crippen molar-refractivity contribution in [3.8, 4) is 33.8 Å². The number of ether oxygens (including phenoxy) is 2. The number of methoxy groups -OCH3 is 2. The summed E-state index contributed by atoms with van der Waals surface area (Å²) in [7, 11) is 3.27. The Hall–Kier alpha value is -5.02. The Bertz CT molecular complexity index is 1630. The molecule has 1 unspecified atom stereocenters. The van der Waals surface area contributed by atoms with Crippen molar-refractivity contribution < 1.29 is 34.1 Å². The molecule has 4 aromatic carbocycles. The number of nitrogens with one attached hydrogen (secondary N) is 1. The average molecular weight is 679 g/mol. The fourth-order valence-corrected chi connectivity index (χ4v) is 4.34. The standard InChI is InChI=1S/C19H23NO3.C13H13NO.C6H10O3.ClH/c1-19(2,3)17(18(21)22)20-14-10-11-15(16(12-14)23-4)13-8-6-5-7-9-13;1-15-13-9-11(14)7-8-12(13)10-5-3-2-4-6-10;1-6(2,3)4(7)5(8)9;/h5-12,17,20H,1-4H3,(H,21,22);2-9H,14H2,1H3;1-3H3,(H,8,9);1H. The number of hydrogen-bond donors (Lipinski definition) is 4. The highest BCUT2D eigenvalue weighted by Gasteiger charge is 2.31. The smallest absolute Gasteiger partial charge is 0.372 e. The van der Waals surface area contributed by atoms with Crippen LogP contribution < -0.4 is 20.5 Å². The van der Waals surface area contributed by atoms with Gasteiger partial charge in [0.2, 0.25) is 5.78 Å². The minimum Gasteiger partial charge on any atom is -0.496 e. The number of carboxylic acids is 2. The summed E-state index contributed by atoms with van der Waals surface area (Å²) >= 11 is 0. The zero-order valence-corrected chi connectivity index (χ0v) is 29.6. The Morgan fingerprint density at radius 3 is 1.48 bits per heavy atom. The van der Waals surface area contributed by atoms with Gasteiger partial charge in [0.1, 0.15) is 17.5 Å². The summed E-state index contributed by atoms with van der Waals surface area (Å²) in [4.78, 5) is 32.1. The number of Topliss-reactive ketones (excluding diaryl/α,β-unsaturated/α-hetero) is 1. The molecule has 0 bridgehead atoms. The van der Waals surface area contributed by atoms with Crippen LogP contribution in [0, 0.1) is 10.8 Å². The van der Waals surface area contributed by atoms with Crippen LogP contribution in [0.3, 0.4) is 0 Å². The summed E-state index contributed by atoms with van der Waals surface area (Å²) in [6.45, 7) is 10.4. The number of nitrogens with two attached hydrogens (primary N) is 1. The first-order valence-corrected chi connectivity index (χ1v) is 15.0. The maximum atomic E-state index is 11.5. The van der Waals surface area contributed by atoms with Crippen LogP contribution in [0.15, 0.2) is 97.1 Å². The van der Waals surface area contributed by atoms with E-state index in [0.717, 1.165) is 33.7 Å². The lowest BCUT2D eigenvalue weighted by Gasteiger charge is -2.29. The molecule has 0 amide bonds. The van der Waals surface area contributed by atoms with Crippen LogP contribution in [-0.4, -0.2) is 48.2 Å². The van der Waals surface area contributed by atoms with Crippen molar-refractivity contribution in [1.29, 1.82) is 0 Å². The lowest BCUT2D eigenvalue weighted by Crippen LogP contribution is -2.41. The van der Waals surface area contributed by atoms with Gasteiger partial charge in [0.05, 0.1) is 14.2 Å². The molecule has 0 spiro atoms. The largest absolute Gasteiger partial charge is 0.496 e. The highest BCUT2D eigenvalue weighted by Crippen LogP contribution is 2.34. The van der Waals surface area contributed by atoms with E-state index in [9.17, 15) is 19.5 Å². The van der Waals surface area contributed by atoms with E-state index < -0.39 is 34.6 Å². The molecular weight excluding hydrogens is 632 g/mol. The van der Waals surface area contributed by atoms with Crippen LogP contribution in [0.4, 0.5) is 11.4 Å². The molecule has 0 aliphatic carbocycles. The van der Waals surface area contributed by atoms with E-state index in [4.69, 9.17) is 20.3 Å². The molecule has 4 aromatic rings. The molecule has 9 nitrogen and oxygen atoms in total. The average Bonchev–Trinajstić information content (AvgIpc) is 3.03. The number of nitrogen functional groups attached to an aromatic ring is 1. The third-order valence-corrected chi connectivity index (χ3v) is 6.90. The quantitative estimate of drug-likeness (QED) is 0.107. The first-order valence-electron chi connectivity index (χ1n) is 15.0. The van der Waals surface area contributed by atoms with Crippen molar-refractivity contribution in [3.63, 3.8) is 0 Å². The van der Waals surface area contributed by atoms with Gasteiger partial charge in [-0.3, -0.25) is 4.79 Å². The molecule has 258 valence electrons. The van der Waals surface area contributed by atoms with Crippen molar-refractivity contribution in [1.82, 2.24) is 0 Å². The molecule has 0 heterocycles. The van der Waals surface area contributed by atoms with Gasteiger partial charge in [-0.15, -0.1) is 12.4 Å². The summed E-state index contributed by atoms with van der Waals surface area (Å²) in [6.07, 6.45) is 0. The second-order valence-electron chi connectivity index (χ2n) is 12.8. The first-order chi connectivity index (χ1) is 22.0. The Labute approximate surface area is 289 Å². The zero-order valence-electron chi connectivity index (χ0n) is 28.7. The fraction of sp³-hybridized carbons (Fsp3) is 0.289. The summed E-state index contributed by atoms with van der Waals surface area (Å²) in [5, 5.41) is 20.7. The molecule has 0 aliphatic rings. The third kappa shape index (κ3) is 12.3. The van der Waals surface area contributed by atoms with Crippen molar-refractivity contribution in [2.75, 3.05) is 25.3 Å². The molecule has 1 atom stereocenters. The normalized spacial score (nSPS) is 11.2. The molecule has 0 aromatic heterocycles. The SMILES string of the molecule is CC(C)(C)C(=O)C(=O)O.COc1cc(N)ccc1-c1ccccc1.COc1cc(NC(C(=O)O)C(C)(C)C)ccc1-c1ccccc1.Cl. The van der Waals surface area contributed by atoms with Crippen LogP contribution in [0.25, 0.3) is 22.3 Å². The molecule has 0 aliphatic heterocycles. The van der Waals surface area contributed by atoms with E-state index in [1.807, 2.05) is 118 Å². The minimum absolute atomic E-state index is 0. The summed E-state index contributed by atoms with van der Waals surface area (Å²) in [5.74, 6) is -1.46. The zero-order chi connectivity index (χ0) is 35.4. The predicted octanol–water partition coefficient (Wildman–Crippen LogP) is 8.33. The van der Waals surface area contributed by atoms with E-state index >= 15 is 0 Å². The molecule has 4 rings (SSSR count). The monoisotopic (exact) mass is 678 g/mol. The molecule has 0 radical (unpaired) electrons. The Morgan fingerprint density at radius 2 is 1.12 bits per heavy atom. The van der Waals surface area contributed by atoms with E-state index in [1.54, 1.807) is 35.0 Å². The van der Waals surface area contributed by atoms with E-state index in [1.165, 1.54) is 0 Å². The minimum atomic E-state index is -1.36. The number of carbonyl (C=O) groups excluding carboxylic acids is 1. The number of anilines is 2. The number of rotatable bonds is 8. The first kappa shape index (κ1) is 41.0. The van der Waals surface area contributed by atoms with Crippen LogP contribution in [0.1, 0.15) is 41.5 Å². The van der Waals surface area contributed by atoms with Gasteiger partial charge in [-0.2, -0.15) is 0 Å². The van der Waals surface area contributed by atoms with Gasteiger partial charge >= 0.3 is 11.9 Å². The molecule has 48 heavy (non-hydrogen) atoms. The van der Waals surface area contributed by atoms with Gasteiger partial charge in [-0.1, -0.05) is 102 Å². The third-order valence-electron chi connectivity index (χ3n) is 6.90. The van der Waals surface area contributed by atoms with Gasteiger partial charge in [-0.25, -0.2) is 9.59 Å².